The highest BCUT2D eigenvalue weighted by Crippen LogP contribution is 2.26. The summed E-state index contributed by atoms with van der Waals surface area (Å²) < 4.78 is 0. The van der Waals surface area contributed by atoms with Crippen LogP contribution < -0.4 is 0 Å². The SMILES string of the molecule is O=C(O)N1CCC(CN2Cc3ccccc3C2=O)CC1. The van der Waals surface area contributed by atoms with Crippen molar-refractivity contribution in [2.75, 3.05) is 19.6 Å². The lowest BCUT2D eigenvalue weighted by atomic mass is 9.96. The Morgan fingerprint density at radius 3 is 2.60 bits per heavy atom. The molecule has 1 aromatic rings. The molecule has 106 valence electrons. The largest absolute Gasteiger partial charge is 0.465 e. The van der Waals surface area contributed by atoms with E-state index in [0.29, 0.717) is 25.6 Å². The Labute approximate surface area is 117 Å². The molecule has 0 aliphatic carbocycles. The molecule has 2 aliphatic rings. The summed E-state index contributed by atoms with van der Waals surface area (Å²) in [6.45, 7) is 2.58. The Morgan fingerprint density at radius 2 is 1.95 bits per heavy atom. The number of benzene rings is 1. The minimum atomic E-state index is -0.840. The van der Waals surface area contributed by atoms with E-state index >= 15 is 0 Å². The third-order valence-electron chi connectivity index (χ3n) is 4.26. The van der Waals surface area contributed by atoms with Gasteiger partial charge in [-0.3, -0.25) is 4.79 Å². The summed E-state index contributed by atoms with van der Waals surface area (Å²) in [5, 5.41) is 8.93. The summed E-state index contributed by atoms with van der Waals surface area (Å²) in [4.78, 5) is 26.5. The quantitative estimate of drug-likeness (QED) is 0.897. The van der Waals surface area contributed by atoms with Crippen LogP contribution in [0.2, 0.25) is 0 Å². The minimum absolute atomic E-state index is 0.112. The molecule has 0 radical (unpaired) electrons. The van der Waals surface area contributed by atoms with Crippen molar-refractivity contribution in [1.29, 1.82) is 0 Å². The van der Waals surface area contributed by atoms with Gasteiger partial charge in [0.25, 0.3) is 5.91 Å². The normalized spacial score (nSPS) is 19.3. The Kier molecular flexibility index (Phi) is 3.34. The zero-order chi connectivity index (χ0) is 14.1. The van der Waals surface area contributed by atoms with Gasteiger partial charge in [-0.05, 0) is 30.4 Å². The number of likely N-dealkylation sites (tertiary alicyclic amines) is 1. The van der Waals surface area contributed by atoms with E-state index in [-0.39, 0.29) is 5.91 Å². The highest BCUT2D eigenvalue weighted by molar-refractivity contribution is 5.98. The molecule has 3 rings (SSSR count). The third kappa shape index (κ3) is 2.35. The van der Waals surface area contributed by atoms with E-state index in [1.54, 1.807) is 0 Å². The molecule has 0 atom stereocenters. The molecule has 0 aromatic heterocycles. The van der Waals surface area contributed by atoms with Crippen molar-refractivity contribution in [2.45, 2.75) is 19.4 Å². The zero-order valence-electron chi connectivity index (χ0n) is 11.3. The lowest BCUT2D eigenvalue weighted by Gasteiger charge is -2.32. The molecule has 1 saturated heterocycles. The number of carbonyl (C=O) groups excluding carboxylic acids is 1. The van der Waals surface area contributed by atoms with Crippen LogP contribution in [0.4, 0.5) is 4.79 Å². The lowest BCUT2D eigenvalue weighted by molar-refractivity contribution is 0.0707. The van der Waals surface area contributed by atoms with Gasteiger partial charge in [0.1, 0.15) is 0 Å². The number of hydrogen-bond acceptors (Lipinski definition) is 2. The molecule has 0 saturated carbocycles. The summed E-state index contributed by atoms with van der Waals surface area (Å²) in [7, 11) is 0. The van der Waals surface area contributed by atoms with Crippen LogP contribution in [0.1, 0.15) is 28.8 Å². The van der Waals surface area contributed by atoms with Crippen LogP contribution in [0.15, 0.2) is 24.3 Å². The fourth-order valence-corrected chi connectivity index (χ4v) is 3.08. The van der Waals surface area contributed by atoms with Crippen molar-refractivity contribution in [1.82, 2.24) is 9.80 Å². The first-order valence-corrected chi connectivity index (χ1v) is 7.00. The second-order valence-electron chi connectivity index (χ2n) is 5.56. The predicted octanol–water partition coefficient (Wildman–Crippen LogP) is 2.03. The average molecular weight is 274 g/mol. The number of hydrogen-bond donors (Lipinski definition) is 1. The number of amides is 2. The Balaban J connectivity index is 1.59. The summed E-state index contributed by atoms with van der Waals surface area (Å²) >= 11 is 0. The molecule has 1 N–H and O–H groups in total. The van der Waals surface area contributed by atoms with Gasteiger partial charge in [0.15, 0.2) is 0 Å². The van der Waals surface area contributed by atoms with Gasteiger partial charge in [-0.25, -0.2) is 4.79 Å². The van der Waals surface area contributed by atoms with E-state index < -0.39 is 6.09 Å². The maximum Gasteiger partial charge on any atom is 0.407 e. The predicted molar refractivity (Wildman–Crippen MR) is 73.5 cm³/mol. The molecule has 0 unspecified atom stereocenters. The van der Waals surface area contributed by atoms with E-state index in [4.69, 9.17) is 5.11 Å². The van der Waals surface area contributed by atoms with Gasteiger partial charge in [-0.15, -0.1) is 0 Å². The van der Waals surface area contributed by atoms with E-state index in [2.05, 4.69) is 0 Å². The fraction of sp³-hybridized carbons (Fsp3) is 0.467. The number of piperidine rings is 1. The molecule has 0 bridgehead atoms. The number of carbonyl (C=O) groups is 2. The van der Waals surface area contributed by atoms with Crippen LogP contribution in [0.3, 0.4) is 0 Å². The van der Waals surface area contributed by atoms with Crippen molar-refractivity contribution in [2.24, 2.45) is 5.92 Å². The molecule has 5 heteroatoms. The highest BCUT2D eigenvalue weighted by Gasteiger charge is 2.30. The molecule has 5 nitrogen and oxygen atoms in total. The van der Waals surface area contributed by atoms with Crippen LogP contribution >= 0.6 is 0 Å². The average Bonchev–Trinajstić information content (AvgIpc) is 2.77. The first-order chi connectivity index (χ1) is 9.65. The van der Waals surface area contributed by atoms with Crippen LogP contribution in [-0.4, -0.2) is 46.5 Å². The molecule has 1 fully saturated rings. The van der Waals surface area contributed by atoms with Gasteiger partial charge in [0.05, 0.1) is 0 Å². The van der Waals surface area contributed by atoms with Gasteiger partial charge in [-0.2, -0.15) is 0 Å². The van der Waals surface area contributed by atoms with Gasteiger partial charge < -0.3 is 14.9 Å². The standard InChI is InChI=1S/C15H18N2O3/c18-14-13-4-2-1-3-12(13)10-17(14)9-11-5-7-16(8-6-11)15(19)20/h1-4,11H,5-10H2,(H,19,20). The molecule has 0 spiro atoms. The molecule has 20 heavy (non-hydrogen) atoms. The summed E-state index contributed by atoms with van der Waals surface area (Å²) in [5.41, 5.74) is 1.91. The van der Waals surface area contributed by atoms with Crippen LogP contribution in [0.5, 0.6) is 0 Å². The van der Waals surface area contributed by atoms with Crippen molar-refractivity contribution < 1.29 is 14.7 Å². The maximum absolute atomic E-state index is 12.3. The molecular weight excluding hydrogens is 256 g/mol. The Hall–Kier alpha value is -2.04. The van der Waals surface area contributed by atoms with Crippen LogP contribution in [0.25, 0.3) is 0 Å². The van der Waals surface area contributed by atoms with Crippen molar-refractivity contribution >= 4 is 12.0 Å². The summed E-state index contributed by atoms with van der Waals surface area (Å²) in [6.07, 6.45) is 0.840. The van der Waals surface area contributed by atoms with Gasteiger partial charge in [0, 0.05) is 31.7 Å². The summed E-state index contributed by atoms with van der Waals surface area (Å²) in [6, 6.07) is 7.73. The Bertz CT molecular complexity index is 536. The van der Waals surface area contributed by atoms with Gasteiger partial charge in [0.2, 0.25) is 0 Å². The number of rotatable bonds is 2. The van der Waals surface area contributed by atoms with Crippen LogP contribution in [-0.2, 0) is 6.54 Å². The first kappa shape index (κ1) is 13.0. The topological polar surface area (TPSA) is 60.9 Å². The zero-order valence-corrected chi connectivity index (χ0v) is 11.3. The maximum atomic E-state index is 12.3. The van der Waals surface area contributed by atoms with Crippen molar-refractivity contribution in [3.8, 4) is 0 Å². The molecule has 2 amide bonds. The van der Waals surface area contributed by atoms with E-state index in [1.165, 1.54) is 4.90 Å². The highest BCUT2D eigenvalue weighted by atomic mass is 16.4. The molecule has 2 heterocycles. The van der Waals surface area contributed by atoms with Crippen molar-refractivity contribution in [3.63, 3.8) is 0 Å². The lowest BCUT2D eigenvalue weighted by Crippen LogP contribution is -2.41. The number of nitrogens with zero attached hydrogens (tertiary/aromatic N) is 2. The third-order valence-corrected chi connectivity index (χ3v) is 4.26. The first-order valence-electron chi connectivity index (χ1n) is 7.00. The second kappa shape index (κ2) is 5.15. The fourth-order valence-electron chi connectivity index (χ4n) is 3.08. The van der Waals surface area contributed by atoms with Gasteiger partial charge >= 0.3 is 6.09 Å². The number of fused-ring (bicyclic) bond motifs is 1. The number of carboxylic acid groups (broad SMARTS) is 1. The second-order valence-corrected chi connectivity index (χ2v) is 5.56. The van der Waals surface area contributed by atoms with E-state index in [9.17, 15) is 9.59 Å². The smallest absolute Gasteiger partial charge is 0.407 e. The van der Waals surface area contributed by atoms with Gasteiger partial charge in [-0.1, -0.05) is 18.2 Å². The monoisotopic (exact) mass is 274 g/mol. The molecular formula is C15H18N2O3. The van der Waals surface area contributed by atoms with E-state index in [1.807, 2.05) is 29.2 Å². The van der Waals surface area contributed by atoms with E-state index in [0.717, 1.165) is 30.5 Å². The van der Waals surface area contributed by atoms with Crippen LogP contribution in [0, 0.1) is 5.92 Å². The minimum Gasteiger partial charge on any atom is -0.465 e. The Morgan fingerprint density at radius 1 is 1.25 bits per heavy atom. The summed E-state index contributed by atoms with van der Waals surface area (Å²) in [5.74, 6) is 0.519. The van der Waals surface area contributed by atoms with Crippen molar-refractivity contribution in [3.05, 3.63) is 35.4 Å². The molecule has 2 aliphatic heterocycles. The molecule has 1 aromatic carbocycles.